The fraction of sp³-hybridized carbons (Fsp3) is 0.706. The lowest BCUT2D eigenvalue weighted by atomic mass is 9.94. The van der Waals surface area contributed by atoms with Gasteiger partial charge in [0.2, 0.25) is 5.91 Å². The average molecular weight is 390 g/mol. The Balaban J connectivity index is 2.72. The number of thiophene rings is 1. The van der Waals surface area contributed by atoms with Gasteiger partial charge in [-0.1, -0.05) is 34.6 Å². The standard InChI is InChI=1S/C17H31N3O3S2/c1-16(2,3)15(21)19-10-9-13-7-8-14(24-13)25(22,23)20(6)12-17(4,5)11-18/h7-8H,9-12,18H2,1-6H3,(H,19,21). The Labute approximate surface area is 155 Å². The zero-order valence-corrected chi connectivity index (χ0v) is 17.7. The molecular formula is C17H31N3O3S2. The van der Waals surface area contributed by atoms with E-state index in [1.54, 1.807) is 13.1 Å². The van der Waals surface area contributed by atoms with E-state index in [0.717, 1.165) is 4.88 Å². The number of carbonyl (C=O) groups is 1. The van der Waals surface area contributed by atoms with E-state index in [1.165, 1.54) is 15.6 Å². The minimum absolute atomic E-state index is 0.0133. The number of hydrogen-bond donors (Lipinski definition) is 2. The third-order valence-corrected chi connectivity index (χ3v) is 7.26. The van der Waals surface area contributed by atoms with Gasteiger partial charge in [0.15, 0.2) is 0 Å². The molecular weight excluding hydrogens is 358 g/mol. The van der Waals surface area contributed by atoms with E-state index in [0.29, 0.717) is 30.3 Å². The van der Waals surface area contributed by atoms with Gasteiger partial charge in [0.05, 0.1) is 0 Å². The maximum atomic E-state index is 12.7. The highest BCUT2D eigenvalue weighted by molar-refractivity contribution is 7.91. The van der Waals surface area contributed by atoms with Crippen LogP contribution in [0.1, 0.15) is 39.5 Å². The Kier molecular flexibility index (Phi) is 7.21. The van der Waals surface area contributed by atoms with Gasteiger partial charge in [-0.25, -0.2) is 8.42 Å². The van der Waals surface area contributed by atoms with Crippen LogP contribution < -0.4 is 11.1 Å². The number of rotatable bonds is 8. The van der Waals surface area contributed by atoms with E-state index in [9.17, 15) is 13.2 Å². The summed E-state index contributed by atoms with van der Waals surface area (Å²) in [6.45, 7) is 10.7. The van der Waals surface area contributed by atoms with Crippen LogP contribution in [0.3, 0.4) is 0 Å². The number of nitrogens with zero attached hydrogens (tertiary/aromatic N) is 1. The van der Waals surface area contributed by atoms with Gasteiger partial charge >= 0.3 is 0 Å². The Morgan fingerprint density at radius 2 is 1.84 bits per heavy atom. The molecule has 0 saturated heterocycles. The summed E-state index contributed by atoms with van der Waals surface area (Å²) >= 11 is 1.25. The Morgan fingerprint density at radius 1 is 1.24 bits per heavy atom. The highest BCUT2D eigenvalue weighted by Crippen LogP contribution is 2.26. The van der Waals surface area contributed by atoms with Crippen LogP contribution in [0.15, 0.2) is 16.3 Å². The summed E-state index contributed by atoms with van der Waals surface area (Å²) in [4.78, 5) is 12.8. The molecule has 6 nitrogen and oxygen atoms in total. The molecule has 1 rings (SSSR count). The zero-order valence-electron chi connectivity index (χ0n) is 16.0. The number of carbonyl (C=O) groups excluding carboxylic acids is 1. The van der Waals surface area contributed by atoms with E-state index in [4.69, 9.17) is 5.73 Å². The molecule has 25 heavy (non-hydrogen) atoms. The summed E-state index contributed by atoms with van der Waals surface area (Å²) in [6, 6.07) is 3.44. The number of amides is 1. The van der Waals surface area contributed by atoms with Gasteiger partial charge in [-0.3, -0.25) is 4.79 Å². The van der Waals surface area contributed by atoms with E-state index in [1.807, 2.05) is 40.7 Å². The molecule has 0 aliphatic heterocycles. The van der Waals surface area contributed by atoms with E-state index in [-0.39, 0.29) is 11.3 Å². The maximum absolute atomic E-state index is 12.7. The van der Waals surface area contributed by atoms with Crippen LogP contribution in [0.25, 0.3) is 0 Å². The summed E-state index contributed by atoms with van der Waals surface area (Å²) in [5.74, 6) is -0.0133. The molecule has 144 valence electrons. The van der Waals surface area contributed by atoms with Crippen molar-refractivity contribution >= 4 is 27.3 Å². The highest BCUT2D eigenvalue weighted by atomic mass is 32.2. The lowest BCUT2D eigenvalue weighted by molar-refractivity contribution is -0.128. The van der Waals surface area contributed by atoms with Gasteiger partial charge in [-0.15, -0.1) is 11.3 Å². The van der Waals surface area contributed by atoms with Crippen molar-refractivity contribution < 1.29 is 13.2 Å². The van der Waals surface area contributed by atoms with Crippen molar-refractivity contribution in [2.75, 3.05) is 26.7 Å². The van der Waals surface area contributed by atoms with Gasteiger partial charge in [-0.2, -0.15) is 4.31 Å². The molecule has 0 aliphatic rings. The van der Waals surface area contributed by atoms with Gasteiger partial charge in [0, 0.05) is 30.4 Å². The molecule has 0 aliphatic carbocycles. The first kappa shape index (κ1) is 22.1. The first-order valence-electron chi connectivity index (χ1n) is 8.33. The normalized spacial score (nSPS) is 13.3. The van der Waals surface area contributed by atoms with Crippen molar-refractivity contribution in [1.82, 2.24) is 9.62 Å². The smallest absolute Gasteiger partial charge is 0.252 e. The Hall–Kier alpha value is -0.960. The molecule has 1 heterocycles. The van der Waals surface area contributed by atoms with Crippen molar-refractivity contribution in [1.29, 1.82) is 0 Å². The van der Waals surface area contributed by atoms with Crippen LogP contribution >= 0.6 is 11.3 Å². The van der Waals surface area contributed by atoms with Crippen LogP contribution in [-0.4, -0.2) is 45.3 Å². The first-order valence-corrected chi connectivity index (χ1v) is 10.6. The largest absolute Gasteiger partial charge is 0.355 e. The number of nitrogens with two attached hydrogens (primary N) is 1. The van der Waals surface area contributed by atoms with E-state index < -0.39 is 15.4 Å². The molecule has 3 N–H and O–H groups in total. The predicted molar refractivity (Wildman–Crippen MR) is 103 cm³/mol. The van der Waals surface area contributed by atoms with Crippen LogP contribution in [0, 0.1) is 10.8 Å². The van der Waals surface area contributed by atoms with Crippen molar-refractivity contribution in [3.8, 4) is 0 Å². The van der Waals surface area contributed by atoms with E-state index >= 15 is 0 Å². The molecule has 1 amide bonds. The average Bonchev–Trinajstić information content (AvgIpc) is 2.95. The van der Waals surface area contributed by atoms with Crippen LogP contribution in [-0.2, 0) is 21.2 Å². The topological polar surface area (TPSA) is 92.5 Å². The molecule has 1 aromatic heterocycles. The van der Waals surface area contributed by atoms with Crippen molar-refractivity contribution in [3.63, 3.8) is 0 Å². The second-order valence-electron chi connectivity index (χ2n) is 8.11. The van der Waals surface area contributed by atoms with Crippen molar-refractivity contribution in [2.45, 2.75) is 45.2 Å². The lowest BCUT2D eigenvalue weighted by Gasteiger charge is -2.28. The number of nitrogens with one attached hydrogen (secondary N) is 1. The Bertz CT molecular complexity index is 688. The SMILES string of the molecule is CN(CC(C)(C)CN)S(=O)(=O)c1ccc(CCNC(=O)C(C)(C)C)s1. The summed E-state index contributed by atoms with van der Waals surface area (Å²) < 4.78 is 27.0. The van der Waals surface area contributed by atoms with Gasteiger partial charge < -0.3 is 11.1 Å². The molecule has 8 heteroatoms. The second kappa shape index (κ2) is 8.16. The molecule has 0 radical (unpaired) electrons. The molecule has 1 aromatic rings. The third-order valence-electron chi connectivity index (χ3n) is 3.84. The summed E-state index contributed by atoms with van der Waals surface area (Å²) in [5.41, 5.74) is 4.99. The molecule has 0 unspecified atom stereocenters. The quantitative estimate of drug-likeness (QED) is 0.712. The molecule has 0 atom stereocenters. The monoisotopic (exact) mass is 389 g/mol. The number of hydrogen-bond acceptors (Lipinski definition) is 5. The van der Waals surface area contributed by atoms with Crippen LogP contribution in [0.5, 0.6) is 0 Å². The fourth-order valence-corrected chi connectivity index (χ4v) is 5.03. The highest BCUT2D eigenvalue weighted by Gasteiger charge is 2.28. The zero-order chi connectivity index (χ0) is 19.5. The molecule has 0 bridgehead atoms. The maximum Gasteiger partial charge on any atom is 0.252 e. The first-order chi connectivity index (χ1) is 11.3. The minimum Gasteiger partial charge on any atom is -0.355 e. The van der Waals surface area contributed by atoms with Gasteiger partial charge in [0.25, 0.3) is 10.0 Å². The van der Waals surface area contributed by atoms with Crippen molar-refractivity contribution in [2.24, 2.45) is 16.6 Å². The minimum atomic E-state index is -3.52. The fourth-order valence-electron chi connectivity index (χ4n) is 2.10. The molecule has 0 aromatic carbocycles. The van der Waals surface area contributed by atoms with Gasteiger partial charge in [0.1, 0.15) is 4.21 Å². The van der Waals surface area contributed by atoms with Crippen molar-refractivity contribution in [3.05, 3.63) is 17.0 Å². The predicted octanol–water partition coefficient (Wildman–Crippen LogP) is 2.06. The van der Waals surface area contributed by atoms with E-state index in [2.05, 4.69) is 5.32 Å². The van der Waals surface area contributed by atoms with Crippen LogP contribution in [0.4, 0.5) is 0 Å². The van der Waals surface area contributed by atoms with Crippen LogP contribution in [0.2, 0.25) is 0 Å². The summed E-state index contributed by atoms with van der Waals surface area (Å²) in [5, 5.41) is 2.87. The van der Waals surface area contributed by atoms with Gasteiger partial charge in [-0.05, 0) is 30.5 Å². The second-order valence-corrected chi connectivity index (χ2v) is 11.5. The molecule has 0 fully saturated rings. The summed E-state index contributed by atoms with van der Waals surface area (Å²) in [7, 11) is -1.94. The Morgan fingerprint density at radius 3 is 2.36 bits per heavy atom. The molecule has 0 spiro atoms. The third kappa shape index (κ3) is 6.36. The molecule has 0 saturated carbocycles. The lowest BCUT2D eigenvalue weighted by Crippen LogP contribution is -2.39. The summed E-state index contributed by atoms with van der Waals surface area (Å²) in [6.07, 6.45) is 0.611. The number of sulfonamides is 1.